The van der Waals surface area contributed by atoms with E-state index < -0.39 is 0 Å². The van der Waals surface area contributed by atoms with Crippen molar-refractivity contribution in [2.45, 2.75) is 12.0 Å². The number of para-hydroxylation sites is 2. The summed E-state index contributed by atoms with van der Waals surface area (Å²) >= 11 is 0. The highest BCUT2D eigenvalue weighted by Crippen LogP contribution is 2.56. The minimum atomic E-state index is 0.191. The van der Waals surface area contributed by atoms with Crippen molar-refractivity contribution in [1.29, 1.82) is 0 Å². The third-order valence-electron chi connectivity index (χ3n) is 8.37. The van der Waals surface area contributed by atoms with Gasteiger partial charge in [0.25, 0.3) is 0 Å². The number of fused-ring (bicyclic) bond motifs is 10. The average molecular weight is 460 g/mol. The van der Waals surface area contributed by atoms with Crippen LogP contribution in [-0.2, 0) is 0 Å². The smallest absolute Gasteiger partial charge is 0.135 e. The summed E-state index contributed by atoms with van der Waals surface area (Å²) in [5, 5.41) is 3.90. The van der Waals surface area contributed by atoms with Crippen molar-refractivity contribution < 1.29 is 4.42 Å². The Morgan fingerprint density at radius 1 is 0.583 bits per heavy atom. The first-order valence-electron chi connectivity index (χ1n) is 12.6. The van der Waals surface area contributed by atoms with Gasteiger partial charge in [0.05, 0.1) is 6.04 Å². The normalized spacial score (nSPS) is 18.4. The van der Waals surface area contributed by atoms with Crippen molar-refractivity contribution in [2.24, 2.45) is 0 Å². The van der Waals surface area contributed by atoms with Crippen LogP contribution in [0.3, 0.4) is 0 Å². The van der Waals surface area contributed by atoms with Crippen molar-refractivity contribution in [1.82, 2.24) is 0 Å². The minimum Gasteiger partial charge on any atom is -0.456 e. The zero-order chi connectivity index (χ0) is 23.4. The van der Waals surface area contributed by atoms with Gasteiger partial charge in [-0.15, -0.1) is 0 Å². The second kappa shape index (κ2) is 6.56. The van der Waals surface area contributed by atoms with Gasteiger partial charge in [-0.25, -0.2) is 0 Å². The van der Waals surface area contributed by atoms with Gasteiger partial charge in [0.2, 0.25) is 0 Å². The Labute approximate surface area is 208 Å². The number of anilines is 2. The standard InChI is InChI=1S/C34H21NO/c1-2-9-21-20(8-1)22-12-7-13-24-28(17-16-23(21)32(22)24)35-27-14-5-3-10-25(27)33-29(35)18-19-31-34(33)26-11-4-6-15-30(26)36-31/h1-19,29,33H. The second-order valence-electron chi connectivity index (χ2n) is 10.0. The van der Waals surface area contributed by atoms with Gasteiger partial charge in [-0.1, -0.05) is 91.0 Å². The first-order chi connectivity index (χ1) is 17.9. The maximum absolute atomic E-state index is 6.30. The monoisotopic (exact) mass is 459 g/mol. The highest BCUT2D eigenvalue weighted by atomic mass is 16.3. The largest absolute Gasteiger partial charge is 0.456 e. The summed E-state index contributed by atoms with van der Waals surface area (Å²) in [6.07, 6.45) is 4.53. The number of benzene rings is 5. The molecule has 0 N–H and O–H groups in total. The average Bonchev–Trinajstić information content (AvgIpc) is 3.58. The van der Waals surface area contributed by atoms with Crippen LogP contribution in [-0.4, -0.2) is 6.04 Å². The van der Waals surface area contributed by atoms with Gasteiger partial charge >= 0.3 is 0 Å². The lowest BCUT2D eigenvalue weighted by molar-refractivity contribution is 0.584. The van der Waals surface area contributed by atoms with Crippen LogP contribution in [0.15, 0.2) is 114 Å². The zero-order valence-corrected chi connectivity index (χ0v) is 19.5. The molecule has 168 valence electrons. The third kappa shape index (κ3) is 2.18. The highest BCUT2D eigenvalue weighted by molar-refractivity contribution is 6.18. The molecule has 0 fully saturated rings. The number of nitrogens with zero attached hydrogens (tertiary/aromatic N) is 1. The van der Waals surface area contributed by atoms with E-state index >= 15 is 0 Å². The number of rotatable bonds is 1. The van der Waals surface area contributed by atoms with E-state index in [0.717, 1.165) is 11.3 Å². The lowest BCUT2D eigenvalue weighted by atomic mass is 9.82. The minimum absolute atomic E-state index is 0.191. The van der Waals surface area contributed by atoms with Crippen LogP contribution >= 0.6 is 0 Å². The van der Waals surface area contributed by atoms with Crippen molar-refractivity contribution >= 4 is 39.2 Å². The van der Waals surface area contributed by atoms with Crippen LogP contribution in [0.25, 0.3) is 50.1 Å². The molecule has 6 aromatic rings. The van der Waals surface area contributed by atoms with Crippen molar-refractivity contribution in [3.05, 3.63) is 126 Å². The van der Waals surface area contributed by atoms with E-state index in [1.807, 2.05) is 0 Å². The molecule has 2 heterocycles. The van der Waals surface area contributed by atoms with E-state index in [1.54, 1.807) is 0 Å². The maximum atomic E-state index is 6.30. The molecule has 2 aliphatic carbocycles. The molecule has 36 heavy (non-hydrogen) atoms. The van der Waals surface area contributed by atoms with E-state index in [0.29, 0.717) is 0 Å². The van der Waals surface area contributed by atoms with E-state index in [1.165, 1.54) is 60.9 Å². The first-order valence-corrected chi connectivity index (χ1v) is 12.6. The second-order valence-corrected chi connectivity index (χ2v) is 10.0. The third-order valence-corrected chi connectivity index (χ3v) is 8.37. The molecule has 5 aromatic carbocycles. The van der Waals surface area contributed by atoms with E-state index in [2.05, 4.69) is 120 Å². The number of furan rings is 1. The Hall–Kier alpha value is -4.56. The van der Waals surface area contributed by atoms with Gasteiger partial charge in [-0.3, -0.25) is 0 Å². The van der Waals surface area contributed by atoms with Crippen LogP contribution in [0, 0.1) is 0 Å². The molecule has 0 spiro atoms. The lowest BCUT2D eigenvalue weighted by Gasteiger charge is -2.31. The Balaban J connectivity index is 1.32. The summed E-state index contributed by atoms with van der Waals surface area (Å²) in [5.74, 6) is 1.22. The molecule has 9 rings (SSSR count). The lowest BCUT2D eigenvalue weighted by Crippen LogP contribution is -2.30. The van der Waals surface area contributed by atoms with Crippen LogP contribution in [0.2, 0.25) is 0 Å². The molecule has 0 saturated carbocycles. The zero-order valence-electron chi connectivity index (χ0n) is 19.5. The molecule has 3 aliphatic rings. The molecular formula is C34H21NO. The molecule has 2 nitrogen and oxygen atoms in total. The molecule has 2 unspecified atom stereocenters. The Kier molecular flexibility index (Phi) is 3.41. The Morgan fingerprint density at radius 2 is 1.31 bits per heavy atom. The highest BCUT2D eigenvalue weighted by Gasteiger charge is 2.43. The quantitative estimate of drug-likeness (QED) is 0.244. The first kappa shape index (κ1) is 18.7. The molecular weight excluding hydrogens is 438 g/mol. The molecule has 0 radical (unpaired) electrons. The van der Waals surface area contributed by atoms with Gasteiger partial charge in [0, 0.05) is 33.6 Å². The topological polar surface area (TPSA) is 16.4 Å². The molecule has 1 aliphatic heterocycles. The van der Waals surface area contributed by atoms with Crippen LogP contribution < -0.4 is 4.90 Å². The summed E-state index contributed by atoms with van der Waals surface area (Å²) in [7, 11) is 0. The van der Waals surface area contributed by atoms with Crippen LogP contribution in [0.1, 0.15) is 22.8 Å². The summed E-state index contributed by atoms with van der Waals surface area (Å²) in [4.78, 5) is 2.56. The molecule has 1 aromatic heterocycles. The fourth-order valence-corrected chi connectivity index (χ4v) is 7.00. The maximum Gasteiger partial charge on any atom is 0.135 e. The summed E-state index contributed by atoms with van der Waals surface area (Å²) < 4.78 is 6.30. The van der Waals surface area contributed by atoms with E-state index in [-0.39, 0.29) is 12.0 Å². The number of hydrogen-bond donors (Lipinski definition) is 0. The number of hydrogen-bond acceptors (Lipinski definition) is 2. The van der Waals surface area contributed by atoms with Gasteiger partial charge < -0.3 is 9.32 Å². The van der Waals surface area contributed by atoms with E-state index in [4.69, 9.17) is 4.42 Å². The van der Waals surface area contributed by atoms with E-state index in [9.17, 15) is 0 Å². The molecule has 0 amide bonds. The van der Waals surface area contributed by atoms with Gasteiger partial charge in [-0.2, -0.15) is 0 Å². The molecule has 0 bridgehead atoms. The molecule has 0 saturated heterocycles. The van der Waals surface area contributed by atoms with Crippen LogP contribution in [0.4, 0.5) is 11.4 Å². The predicted octanol–water partition coefficient (Wildman–Crippen LogP) is 8.91. The molecule has 2 atom stereocenters. The SMILES string of the molecule is C1=CC2C(c3ccccc3N2c2ccc3c4c(cccc24)-c2ccccc2-3)c2c1oc1ccccc21. The van der Waals surface area contributed by atoms with Gasteiger partial charge in [-0.05, 0) is 57.5 Å². The fraction of sp³-hybridized carbons (Fsp3) is 0.0588. The predicted molar refractivity (Wildman–Crippen MR) is 148 cm³/mol. The van der Waals surface area contributed by atoms with Gasteiger partial charge in [0.1, 0.15) is 11.3 Å². The van der Waals surface area contributed by atoms with Crippen molar-refractivity contribution in [3.8, 4) is 22.3 Å². The van der Waals surface area contributed by atoms with Crippen LogP contribution in [0.5, 0.6) is 0 Å². The summed E-state index contributed by atoms with van der Waals surface area (Å²) in [6, 6.07) is 37.8. The Bertz CT molecular complexity index is 1890. The van der Waals surface area contributed by atoms with Gasteiger partial charge in [0.15, 0.2) is 0 Å². The van der Waals surface area contributed by atoms with Crippen molar-refractivity contribution in [2.75, 3.05) is 4.90 Å². The van der Waals surface area contributed by atoms with Crippen molar-refractivity contribution in [3.63, 3.8) is 0 Å². The Morgan fingerprint density at radius 3 is 2.22 bits per heavy atom. The fourth-order valence-electron chi connectivity index (χ4n) is 7.00. The summed E-state index contributed by atoms with van der Waals surface area (Å²) in [5.41, 5.74) is 11.5. The summed E-state index contributed by atoms with van der Waals surface area (Å²) in [6.45, 7) is 0. The molecule has 2 heteroatoms.